The summed E-state index contributed by atoms with van der Waals surface area (Å²) in [5, 5.41) is 0. The smallest absolute Gasteiger partial charge is 0.469 e. The molecule has 3 saturated heterocycles. The first kappa shape index (κ1) is 66.3. The average Bonchev–Trinajstić information content (AvgIpc) is 3.79. The van der Waals surface area contributed by atoms with Crippen LogP contribution in [0.3, 0.4) is 0 Å². The van der Waals surface area contributed by atoms with Crippen LogP contribution in [-0.2, 0) is 61.8 Å². The van der Waals surface area contributed by atoms with Crippen molar-refractivity contribution >= 4 is 36.4 Å². The molecule has 0 aromatic heterocycles. The SMILES string of the molecule is C.CC(=O)OCC(C)F.CC(F)C(F)(F)COC(F)(F)C(F)F.CC1COC(=O)O1.CC1COC(=O)O1.CC1OC(=O)OC1F.CCOC(=O)C(F)F.COC(=O)CC(F)(F)F. The molecule has 30 heteroatoms. The molecule has 3 aliphatic rings. The van der Waals surface area contributed by atoms with Crippen LogP contribution in [0.2, 0.25) is 0 Å². The summed E-state index contributed by atoms with van der Waals surface area (Å²) in [4.78, 5) is 59.6. The maximum absolute atomic E-state index is 12.3. The van der Waals surface area contributed by atoms with E-state index in [0.29, 0.717) is 20.1 Å². The average molecular weight is 955 g/mol. The molecule has 62 heavy (non-hydrogen) atoms. The van der Waals surface area contributed by atoms with Crippen molar-refractivity contribution in [2.45, 2.75) is 130 Å². The fraction of sp³-hybridized carbons (Fsp3) is 0.812. The summed E-state index contributed by atoms with van der Waals surface area (Å²) in [6.45, 7) is 8.04. The lowest BCUT2D eigenvalue weighted by Crippen LogP contribution is -2.39. The van der Waals surface area contributed by atoms with Crippen LogP contribution in [-0.4, -0.2) is 145 Å². The van der Waals surface area contributed by atoms with Gasteiger partial charge in [0.15, 0.2) is 12.3 Å². The summed E-state index contributed by atoms with van der Waals surface area (Å²) >= 11 is 0. The minimum atomic E-state index is -4.99. The minimum Gasteiger partial charge on any atom is -0.469 e. The lowest BCUT2D eigenvalue weighted by Gasteiger charge is -2.21. The highest BCUT2D eigenvalue weighted by Gasteiger charge is 2.47. The Bertz CT molecular complexity index is 1220. The molecule has 3 heterocycles. The summed E-state index contributed by atoms with van der Waals surface area (Å²) in [5.74, 6) is -7.36. The Morgan fingerprint density at radius 3 is 1.35 bits per heavy atom. The van der Waals surface area contributed by atoms with Gasteiger partial charge in [-0.15, -0.1) is 0 Å². The van der Waals surface area contributed by atoms with Gasteiger partial charge >= 0.3 is 67.4 Å². The van der Waals surface area contributed by atoms with Gasteiger partial charge in [0, 0.05) is 6.92 Å². The maximum atomic E-state index is 12.3. The van der Waals surface area contributed by atoms with E-state index in [4.69, 9.17) is 0 Å². The Labute approximate surface area is 344 Å². The molecule has 0 aromatic rings. The maximum Gasteiger partial charge on any atom is 0.511 e. The second-order valence-electron chi connectivity index (χ2n) is 11.1. The zero-order chi connectivity index (χ0) is 48.9. The number of hydrogen-bond donors (Lipinski definition) is 0. The van der Waals surface area contributed by atoms with E-state index in [1.165, 1.54) is 27.7 Å². The highest BCUT2D eigenvalue weighted by molar-refractivity contribution is 5.72. The Morgan fingerprint density at radius 2 is 1.21 bits per heavy atom. The van der Waals surface area contributed by atoms with E-state index in [-0.39, 0.29) is 32.8 Å². The first-order chi connectivity index (χ1) is 27.6. The molecule has 0 aromatic carbocycles. The molecule has 6 atom stereocenters. The van der Waals surface area contributed by atoms with Crippen LogP contribution in [0.1, 0.15) is 62.3 Å². The molecule has 3 rings (SSSR count). The van der Waals surface area contributed by atoms with Crippen LogP contribution >= 0.6 is 0 Å². The van der Waals surface area contributed by atoms with Crippen molar-refractivity contribution < 1.29 is 138 Å². The number of alkyl halides is 14. The van der Waals surface area contributed by atoms with Crippen molar-refractivity contribution in [2.75, 3.05) is 40.1 Å². The van der Waals surface area contributed by atoms with Gasteiger partial charge < -0.3 is 47.4 Å². The van der Waals surface area contributed by atoms with Crippen LogP contribution in [0.5, 0.6) is 0 Å². The number of cyclic esters (lactones) is 6. The molecular weight excluding hydrogens is 906 g/mol. The number of carbonyl (C=O) groups excluding carboxylic acids is 6. The summed E-state index contributed by atoms with van der Waals surface area (Å²) < 4.78 is 204. The fourth-order valence-electron chi connectivity index (χ4n) is 2.30. The predicted molar refractivity (Wildman–Crippen MR) is 177 cm³/mol. The molecule has 3 aliphatic heterocycles. The molecule has 0 amide bonds. The van der Waals surface area contributed by atoms with Gasteiger partial charge in [-0.2, -0.15) is 35.1 Å². The highest BCUT2D eigenvalue weighted by atomic mass is 19.4. The normalized spacial score (nSPS) is 19.5. The third kappa shape index (κ3) is 40.6. The molecule has 16 nitrogen and oxygen atoms in total. The van der Waals surface area contributed by atoms with Crippen molar-refractivity contribution in [3.05, 3.63) is 0 Å². The lowest BCUT2D eigenvalue weighted by atomic mass is 10.2. The van der Waals surface area contributed by atoms with E-state index >= 15 is 0 Å². The number of hydrogen-bond acceptors (Lipinski definition) is 16. The molecule has 0 N–H and O–H groups in total. The van der Waals surface area contributed by atoms with Gasteiger partial charge in [0.25, 0.3) is 6.36 Å². The van der Waals surface area contributed by atoms with E-state index in [9.17, 15) is 90.2 Å². The Balaban J connectivity index is -0.000000206. The van der Waals surface area contributed by atoms with Crippen molar-refractivity contribution in [3.8, 4) is 0 Å². The number of rotatable bonds is 10. The topological polar surface area (TPSA) is 195 Å². The fourth-order valence-corrected chi connectivity index (χ4v) is 2.30. The van der Waals surface area contributed by atoms with Crippen LogP contribution in [0.15, 0.2) is 0 Å². The van der Waals surface area contributed by atoms with Gasteiger partial charge in [0.1, 0.15) is 51.2 Å². The van der Waals surface area contributed by atoms with Gasteiger partial charge in [-0.3, -0.25) is 9.59 Å². The van der Waals surface area contributed by atoms with E-state index in [1.807, 2.05) is 0 Å². The van der Waals surface area contributed by atoms with Crippen molar-refractivity contribution in [1.29, 1.82) is 0 Å². The Kier molecular flexibility index (Phi) is 36.1. The van der Waals surface area contributed by atoms with Crippen LogP contribution in [0.25, 0.3) is 0 Å². The monoisotopic (exact) mass is 954 g/mol. The van der Waals surface area contributed by atoms with Crippen LogP contribution in [0.4, 0.5) is 75.8 Å². The highest BCUT2D eigenvalue weighted by Crippen LogP contribution is 2.29. The predicted octanol–water partition coefficient (Wildman–Crippen LogP) is 8.24. The second kappa shape index (κ2) is 33.8. The van der Waals surface area contributed by atoms with E-state index < -0.39 is 105 Å². The number of methoxy groups -OCH3 is 1. The van der Waals surface area contributed by atoms with Gasteiger partial charge in [-0.1, -0.05) is 7.43 Å². The van der Waals surface area contributed by atoms with E-state index in [2.05, 4.69) is 47.4 Å². The number of esters is 3. The van der Waals surface area contributed by atoms with Crippen LogP contribution < -0.4 is 0 Å². The molecule has 0 bridgehead atoms. The summed E-state index contributed by atoms with van der Waals surface area (Å²) in [6, 6.07) is 0. The molecular formula is C32H48F14O16. The van der Waals surface area contributed by atoms with Gasteiger partial charge in [-0.05, 0) is 41.5 Å². The zero-order valence-electron chi connectivity index (χ0n) is 33.2. The third-order valence-corrected chi connectivity index (χ3v) is 5.17. The van der Waals surface area contributed by atoms with Gasteiger partial charge in [0.05, 0.1) is 13.7 Å². The zero-order valence-corrected chi connectivity index (χ0v) is 33.2. The summed E-state index contributed by atoms with van der Waals surface area (Å²) in [6.07, 6.45) is -26.4. The van der Waals surface area contributed by atoms with Crippen molar-refractivity contribution in [2.24, 2.45) is 0 Å². The number of ether oxygens (including phenoxy) is 10. The Hall–Kier alpha value is -4.80. The first-order valence-corrected chi connectivity index (χ1v) is 16.5. The first-order valence-electron chi connectivity index (χ1n) is 16.5. The van der Waals surface area contributed by atoms with Crippen molar-refractivity contribution in [3.63, 3.8) is 0 Å². The van der Waals surface area contributed by atoms with E-state index in [0.717, 1.165) is 7.11 Å². The largest absolute Gasteiger partial charge is 0.511 e. The summed E-state index contributed by atoms with van der Waals surface area (Å²) in [5.41, 5.74) is 0. The van der Waals surface area contributed by atoms with Gasteiger partial charge in [0.2, 0.25) is 0 Å². The van der Waals surface area contributed by atoms with Crippen LogP contribution in [0, 0.1) is 0 Å². The third-order valence-electron chi connectivity index (χ3n) is 5.17. The molecule has 0 aliphatic carbocycles. The standard InChI is InChI=1S/C6H7F7O.C5H9FO2.C4H5F3O2.C4H6F2O2.C4H5FO3.2C4H6O3.CH4/c1-3(7)5(10,11)2-14-6(12,13)4(8)9;1-4(6)3-8-5(2)7;1-9-3(8)2-4(5,6)7;1-2-8-4(7)3(5)6;1-2-3(5)8-4(6)7-2;2*1-3-2-6-4(5)7-3;/h3-4H,2H2,1H3;4H,3H2,1-2H3;2H2,1H3;3H,2H2,1H3;2-3H,1H3;2*3H,2H2,1H3;1H4. The van der Waals surface area contributed by atoms with Gasteiger partial charge in [-0.25, -0.2) is 45.5 Å². The van der Waals surface area contributed by atoms with E-state index in [1.54, 1.807) is 13.8 Å². The van der Waals surface area contributed by atoms with Crippen molar-refractivity contribution in [1.82, 2.24) is 0 Å². The second-order valence-corrected chi connectivity index (χ2v) is 11.1. The quantitative estimate of drug-likeness (QED) is 0.115. The number of halogens is 14. The molecule has 0 spiro atoms. The molecule has 3 fully saturated rings. The molecule has 0 radical (unpaired) electrons. The molecule has 370 valence electrons. The lowest BCUT2D eigenvalue weighted by molar-refractivity contribution is -0.320. The Morgan fingerprint density at radius 1 is 0.758 bits per heavy atom. The minimum absolute atomic E-state index is 0. The summed E-state index contributed by atoms with van der Waals surface area (Å²) in [7, 11) is 0.911. The molecule has 6 unspecified atom stereocenters. The number of carbonyl (C=O) groups is 6. The molecule has 0 saturated carbocycles.